The average Bonchev–Trinajstić information content (AvgIpc) is 2.64. The summed E-state index contributed by atoms with van der Waals surface area (Å²) in [6.45, 7) is 4.45. The molecular weight excluding hydrogens is 202 g/mol. The zero-order valence-corrected chi connectivity index (χ0v) is 9.45. The van der Waals surface area contributed by atoms with Crippen LogP contribution < -0.4 is 11.1 Å². The topological polar surface area (TPSA) is 64.1 Å². The molecule has 0 aliphatic heterocycles. The molecule has 0 radical (unpaired) electrons. The molecule has 0 saturated heterocycles. The number of nitrogens with zero attached hydrogens (tertiary/aromatic N) is 1. The summed E-state index contributed by atoms with van der Waals surface area (Å²) in [6.07, 6.45) is 1.16. The molecular formula is C12H15N3O. The van der Waals surface area contributed by atoms with Crippen molar-refractivity contribution < 1.29 is 4.42 Å². The summed E-state index contributed by atoms with van der Waals surface area (Å²) >= 11 is 0. The number of benzene rings is 1. The highest BCUT2D eigenvalue weighted by atomic mass is 16.4. The molecule has 4 nitrogen and oxygen atoms in total. The predicted molar refractivity (Wildman–Crippen MR) is 64.2 cm³/mol. The normalized spacial score (nSPS) is 22.2. The van der Waals surface area contributed by atoms with Gasteiger partial charge in [0.25, 0.3) is 6.01 Å². The minimum atomic E-state index is 0.361. The van der Waals surface area contributed by atoms with E-state index in [-0.39, 0.29) is 0 Å². The van der Waals surface area contributed by atoms with Crippen LogP contribution in [0.2, 0.25) is 0 Å². The molecule has 0 bridgehead atoms. The number of nitrogens with two attached hydrogens (primary N) is 1. The number of hydrogen-bond donors (Lipinski definition) is 2. The Bertz CT molecular complexity index is 544. The maximum Gasteiger partial charge on any atom is 0.295 e. The smallest absolute Gasteiger partial charge is 0.295 e. The maximum atomic E-state index is 5.69. The van der Waals surface area contributed by atoms with Gasteiger partial charge in [0.05, 0.1) is 0 Å². The Morgan fingerprint density at radius 1 is 1.50 bits per heavy atom. The third kappa shape index (κ3) is 1.50. The van der Waals surface area contributed by atoms with E-state index in [1.54, 1.807) is 0 Å². The van der Waals surface area contributed by atoms with Crippen molar-refractivity contribution in [2.24, 2.45) is 5.41 Å². The van der Waals surface area contributed by atoms with Crippen molar-refractivity contribution in [3.05, 3.63) is 18.2 Å². The van der Waals surface area contributed by atoms with E-state index in [1.807, 2.05) is 18.2 Å². The maximum absolute atomic E-state index is 5.69. The highest BCUT2D eigenvalue weighted by Gasteiger charge is 2.46. The second-order valence-corrected chi connectivity index (χ2v) is 5.14. The molecule has 3 rings (SSSR count). The molecule has 0 amide bonds. The molecule has 2 aromatic rings. The van der Waals surface area contributed by atoms with Gasteiger partial charge in [-0.05, 0) is 30.0 Å². The first-order chi connectivity index (χ1) is 7.54. The van der Waals surface area contributed by atoms with Crippen LogP contribution in [0.5, 0.6) is 0 Å². The van der Waals surface area contributed by atoms with Crippen molar-refractivity contribution in [2.45, 2.75) is 26.3 Å². The lowest BCUT2D eigenvalue weighted by Crippen LogP contribution is -2.08. The van der Waals surface area contributed by atoms with Crippen molar-refractivity contribution in [3.63, 3.8) is 0 Å². The van der Waals surface area contributed by atoms with Gasteiger partial charge in [0.1, 0.15) is 5.52 Å². The van der Waals surface area contributed by atoms with Crippen LogP contribution >= 0.6 is 0 Å². The van der Waals surface area contributed by atoms with E-state index in [0.29, 0.717) is 23.2 Å². The molecule has 4 heteroatoms. The van der Waals surface area contributed by atoms with Crippen LogP contribution in [-0.4, -0.2) is 11.0 Å². The van der Waals surface area contributed by atoms with Gasteiger partial charge >= 0.3 is 0 Å². The summed E-state index contributed by atoms with van der Waals surface area (Å²) in [6, 6.07) is 6.55. The molecule has 84 valence electrons. The molecule has 1 heterocycles. The molecule has 1 atom stereocenters. The molecule has 1 fully saturated rings. The molecule has 3 N–H and O–H groups in total. The lowest BCUT2D eigenvalue weighted by Gasteiger charge is -2.02. The van der Waals surface area contributed by atoms with Crippen LogP contribution in [0.4, 0.5) is 11.7 Å². The summed E-state index contributed by atoms with van der Waals surface area (Å²) in [5.74, 6) is 0. The minimum Gasteiger partial charge on any atom is -0.424 e. The number of aromatic nitrogens is 1. The van der Waals surface area contributed by atoms with Crippen LogP contribution in [0.25, 0.3) is 11.1 Å². The third-order valence-electron chi connectivity index (χ3n) is 3.22. The molecule has 1 aromatic heterocycles. The average molecular weight is 217 g/mol. The molecule has 1 unspecified atom stereocenters. The van der Waals surface area contributed by atoms with Gasteiger partial charge in [-0.3, -0.25) is 0 Å². The Morgan fingerprint density at radius 3 is 2.94 bits per heavy atom. The van der Waals surface area contributed by atoms with Crippen molar-refractivity contribution in [3.8, 4) is 0 Å². The Morgan fingerprint density at radius 2 is 2.25 bits per heavy atom. The van der Waals surface area contributed by atoms with Gasteiger partial charge in [0.2, 0.25) is 0 Å². The zero-order valence-electron chi connectivity index (χ0n) is 9.45. The molecule has 1 aliphatic carbocycles. The Kier molecular flexibility index (Phi) is 1.73. The quantitative estimate of drug-likeness (QED) is 0.759. The van der Waals surface area contributed by atoms with Crippen molar-refractivity contribution in [1.82, 2.24) is 4.98 Å². The van der Waals surface area contributed by atoms with Crippen LogP contribution in [0.1, 0.15) is 20.3 Å². The van der Waals surface area contributed by atoms with Crippen LogP contribution in [0.15, 0.2) is 22.6 Å². The minimum absolute atomic E-state index is 0.361. The van der Waals surface area contributed by atoms with Gasteiger partial charge in [-0.2, -0.15) is 4.98 Å². The fraction of sp³-hybridized carbons (Fsp3) is 0.417. The van der Waals surface area contributed by atoms with Gasteiger partial charge in [-0.15, -0.1) is 0 Å². The predicted octanol–water partition coefficient (Wildman–Crippen LogP) is 2.62. The van der Waals surface area contributed by atoms with E-state index in [4.69, 9.17) is 10.2 Å². The highest BCUT2D eigenvalue weighted by Crippen LogP contribution is 2.46. The Hall–Kier alpha value is -1.71. The summed E-state index contributed by atoms with van der Waals surface area (Å²) in [5.41, 5.74) is 8.34. The van der Waals surface area contributed by atoms with Crippen molar-refractivity contribution >= 4 is 22.8 Å². The Labute approximate surface area is 93.8 Å². The number of hydrogen-bond acceptors (Lipinski definition) is 4. The van der Waals surface area contributed by atoms with Crippen molar-refractivity contribution in [1.29, 1.82) is 0 Å². The van der Waals surface area contributed by atoms with Gasteiger partial charge < -0.3 is 15.5 Å². The first-order valence-electron chi connectivity index (χ1n) is 5.47. The van der Waals surface area contributed by atoms with Crippen LogP contribution in [0, 0.1) is 5.41 Å². The molecule has 1 aliphatic rings. The molecule has 0 spiro atoms. The number of rotatable bonds is 2. The standard InChI is InChI=1S/C12H15N3O/c1-12(2)6-10(12)15-11-14-8-5-7(13)3-4-9(8)16-11/h3-5,10H,6,13H2,1-2H3,(H,14,15). The molecule has 1 aromatic carbocycles. The highest BCUT2D eigenvalue weighted by molar-refractivity contribution is 5.78. The van der Waals surface area contributed by atoms with Gasteiger partial charge in [-0.1, -0.05) is 13.8 Å². The lowest BCUT2D eigenvalue weighted by atomic mass is 10.2. The van der Waals surface area contributed by atoms with Crippen LogP contribution in [-0.2, 0) is 0 Å². The third-order valence-corrected chi connectivity index (χ3v) is 3.22. The van der Waals surface area contributed by atoms with Crippen LogP contribution in [0.3, 0.4) is 0 Å². The second kappa shape index (κ2) is 2.90. The van der Waals surface area contributed by atoms with Gasteiger partial charge in [0, 0.05) is 11.7 Å². The van der Waals surface area contributed by atoms with E-state index in [1.165, 1.54) is 0 Å². The number of nitrogens with one attached hydrogen (secondary N) is 1. The van der Waals surface area contributed by atoms with Gasteiger partial charge in [-0.25, -0.2) is 0 Å². The zero-order chi connectivity index (χ0) is 11.3. The molecule has 16 heavy (non-hydrogen) atoms. The second-order valence-electron chi connectivity index (χ2n) is 5.14. The fourth-order valence-electron chi connectivity index (χ4n) is 1.87. The first-order valence-corrected chi connectivity index (χ1v) is 5.47. The van der Waals surface area contributed by atoms with E-state index in [9.17, 15) is 0 Å². The van der Waals surface area contributed by atoms with E-state index < -0.39 is 0 Å². The van der Waals surface area contributed by atoms with E-state index >= 15 is 0 Å². The largest absolute Gasteiger partial charge is 0.424 e. The monoisotopic (exact) mass is 217 g/mol. The number of anilines is 2. The van der Waals surface area contributed by atoms with E-state index in [2.05, 4.69) is 24.1 Å². The van der Waals surface area contributed by atoms with E-state index in [0.717, 1.165) is 17.5 Å². The summed E-state index contributed by atoms with van der Waals surface area (Å²) < 4.78 is 5.59. The lowest BCUT2D eigenvalue weighted by molar-refractivity contribution is 0.588. The summed E-state index contributed by atoms with van der Waals surface area (Å²) in [5, 5.41) is 3.30. The SMILES string of the molecule is CC1(C)CC1Nc1nc2cc(N)ccc2o1. The first kappa shape index (κ1) is 9.51. The number of fused-ring (bicyclic) bond motifs is 1. The van der Waals surface area contributed by atoms with Gasteiger partial charge in [0.15, 0.2) is 5.58 Å². The number of oxazole rings is 1. The number of nitrogen functional groups attached to an aromatic ring is 1. The fourth-order valence-corrected chi connectivity index (χ4v) is 1.87. The molecule has 1 saturated carbocycles. The summed E-state index contributed by atoms with van der Waals surface area (Å²) in [4.78, 5) is 4.36. The van der Waals surface area contributed by atoms with Crippen molar-refractivity contribution in [2.75, 3.05) is 11.1 Å². The summed E-state index contributed by atoms with van der Waals surface area (Å²) in [7, 11) is 0. The Balaban J connectivity index is 1.88.